The van der Waals surface area contributed by atoms with Gasteiger partial charge in [-0.05, 0) is 23.6 Å². The molecular formula is C17H18N4O3S4. The van der Waals surface area contributed by atoms with E-state index in [4.69, 9.17) is 0 Å². The molecule has 1 amide bonds. The van der Waals surface area contributed by atoms with E-state index in [1.807, 2.05) is 35.9 Å². The van der Waals surface area contributed by atoms with Gasteiger partial charge in [-0.25, -0.2) is 13.8 Å². The minimum atomic E-state index is -3.68. The minimum absolute atomic E-state index is 0.0535. The highest BCUT2D eigenvalue weighted by Gasteiger charge is 2.31. The Labute approximate surface area is 174 Å². The molecule has 1 fully saturated rings. The van der Waals surface area contributed by atoms with Crippen molar-refractivity contribution < 1.29 is 13.2 Å². The third kappa shape index (κ3) is 3.64. The van der Waals surface area contributed by atoms with Crippen LogP contribution in [0.15, 0.2) is 45.7 Å². The number of thiazole rings is 1. The molecule has 1 N–H and O–H groups in total. The molecule has 0 atom stereocenters. The summed E-state index contributed by atoms with van der Waals surface area (Å²) in [4.78, 5) is 13.5. The quantitative estimate of drug-likeness (QED) is 0.613. The lowest BCUT2D eigenvalue weighted by Gasteiger charge is -2.25. The minimum Gasteiger partial charge on any atom is -0.318 e. The van der Waals surface area contributed by atoms with Gasteiger partial charge in [0, 0.05) is 31.6 Å². The molecule has 0 saturated carbocycles. The molecule has 1 saturated heterocycles. The highest BCUT2D eigenvalue weighted by atomic mass is 32.2. The van der Waals surface area contributed by atoms with Crippen LogP contribution in [0.1, 0.15) is 9.67 Å². The molecule has 0 aliphatic carbocycles. The van der Waals surface area contributed by atoms with Crippen LogP contribution >= 0.6 is 34.4 Å². The van der Waals surface area contributed by atoms with Crippen molar-refractivity contribution in [1.29, 1.82) is 0 Å². The second-order valence-electron chi connectivity index (χ2n) is 6.09. The summed E-state index contributed by atoms with van der Waals surface area (Å²) in [5, 5.41) is 5.84. The number of sulfonamides is 1. The van der Waals surface area contributed by atoms with Crippen molar-refractivity contribution in [3.05, 3.63) is 45.4 Å². The van der Waals surface area contributed by atoms with Gasteiger partial charge in [0.25, 0.3) is 5.91 Å². The van der Waals surface area contributed by atoms with Gasteiger partial charge in [-0.3, -0.25) is 4.79 Å². The van der Waals surface area contributed by atoms with E-state index in [-0.39, 0.29) is 9.77 Å². The fourth-order valence-electron chi connectivity index (χ4n) is 2.93. The molecule has 28 heavy (non-hydrogen) atoms. The predicted octanol–water partition coefficient (Wildman–Crippen LogP) is 2.28. The molecule has 2 aromatic heterocycles. The molecule has 0 radical (unpaired) electrons. The number of hydrogen-bond acceptors (Lipinski definition) is 7. The van der Waals surface area contributed by atoms with Crippen molar-refractivity contribution in [3.63, 3.8) is 0 Å². The molecule has 148 valence electrons. The van der Waals surface area contributed by atoms with Crippen LogP contribution in [0, 0.1) is 0 Å². The van der Waals surface area contributed by atoms with Gasteiger partial charge in [0.15, 0.2) is 0 Å². The zero-order valence-corrected chi connectivity index (χ0v) is 18.3. The number of aromatic nitrogens is 1. The summed E-state index contributed by atoms with van der Waals surface area (Å²) in [6.45, 7) is 0.928. The van der Waals surface area contributed by atoms with Crippen molar-refractivity contribution in [1.82, 2.24) is 14.3 Å². The third-order valence-electron chi connectivity index (χ3n) is 4.39. The van der Waals surface area contributed by atoms with Gasteiger partial charge < -0.3 is 4.57 Å². The first kappa shape index (κ1) is 19.6. The first-order chi connectivity index (χ1) is 13.5. The van der Waals surface area contributed by atoms with E-state index in [2.05, 4.69) is 10.5 Å². The number of carbonyl (C=O) groups is 1. The number of carbonyl (C=O) groups excluding carboxylic acids is 1. The van der Waals surface area contributed by atoms with Crippen LogP contribution in [0.4, 0.5) is 0 Å². The maximum Gasteiger partial charge on any atom is 0.282 e. The number of benzene rings is 1. The molecule has 0 bridgehead atoms. The summed E-state index contributed by atoms with van der Waals surface area (Å²) < 4.78 is 30.3. The lowest BCUT2D eigenvalue weighted by Crippen LogP contribution is -2.38. The van der Waals surface area contributed by atoms with E-state index in [1.165, 1.54) is 21.7 Å². The molecule has 11 heteroatoms. The number of aryl methyl sites for hydroxylation is 1. The Hall–Kier alpha value is -1.66. The van der Waals surface area contributed by atoms with Crippen LogP contribution in [0.25, 0.3) is 10.2 Å². The van der Waals surface area contributed by atoms with Crippen molar-refractivity contribution in [3.8, 4) is 0 Å². The van der Waals surface area contributed by atoms with E-state index < -0.39 is 15.9 Å². The third-order valence-corrected chi connectivity index (χ3v) is 9.43. The number of thioether (sulfide) groups is 1. The summed E-state index contributed by atoms with van der Waals surface area (Å²) in [6, 6.07) is 9.35. The topological polar surface area (TPSA) is 83.8 Å². The number of thiophene rings is 1. The molecule has 0 spiro atoms. The van der Waals surface area contributed by atoms with E-state index in [0.29, 0.717) is 17.9 Å². The van der Waals surface area contributed by atoms with E-state index >= 15 is 0 Å². The summed E-state index contributed by atoms with van der Waals surface area (Å²) in [5.41, 5.74) is 3.53. The van der Waals surface area contributed by atoms with Crippen LogP contribution in [0.5, 0.6) is 0 Å². The summed E-state index contributed by atoms with van der Waals surface area (Å²) in [5.74, 6) is 1.02. The van der Waals surface area contributed by atoms with Gasteiger partial charge in [-0.15, -0.1) is 16.4 Å². The van der Waals surface area contributed by atoms with Gasteiger partial charge in [0.1, 0.15) is 9.77 Å². The normalized spacial score (nSPS) is 16.5. The molecule has 1 aliphatic rings. The molecular weight excluding hydrogens is 436 g/mol. The average Bonchev–Trinajstić information content (AvgIpc) is 3.33. The fraction of sp³-hybridized carbons (Fsp3) is 0.294. The van der Waals surface area contributed by atoms with Crippen molar-refractivity contribution in [2.45, 2.75) is 4.90 Å². The second-order valence-corrected chi connectivity index (χ2v) is 11.2. The Balaban J connectivity index is 1.61. The summed E-state index contributed by atoms with van der Waals surface area (Å²) in [6.07, 6.45) is 0. The fourth-order valence-corrected chi connectivity index (χ4v) is 7.78. The van der Waals surface area contributed by atoms with E-state index in [0.717, 1.165) is 33.1 Å². The average molecular weight is 455 g/mol. The van der Waals surface area contributed by atoms with Crippen molar-refractivity contribution >= 4 is 60.6 Å². The molecule has 4 rings (SSSR count). The molecule has 1 aliphatic heterocycles. The van der Waals surface area contributed by atoms with Gasteiger partial charge >= 0.3 is 0 Å². The number of para-hydroxylation sites is 1. The van der Waals surface area contributed by atoms with Crippen molar-refractivity contribution in [2.24, 2.45) is 12.1 Å². The van der Waals surface area contributed by atoms with Gasteiger partial charge in [-0.2, -0.15) is 16.1 Å². The zero-order valence-electron chi connectivity index (χ0n) is 15.0. The van der Waals surface area contributed by atoms with Crippen LogP contribution in [0.2, 0.25) is 0 Å². The second kappa shape index (κ2) is 7.99. The number of amides is 1. The van der Waals surface area contributed by atoms with E-state index in [9.17, 15) is 13.2 Å². The van der Waals surface area contributed by atoms with Crippen LogP contribution in [-0.4, -0.2) is 47.8 Å². The van der Waals surface area contributed by atoms with Crippen LogP contribution in [-0.2, 0) is 17.1 Å². The SMILES string of the molecule is Cn1/c(=N\NC(=O)c2sccc2S(=O)(=O)N2CCSCC2)sc2ccccc21. The Kier molecular flexibility index (Phi) is 5.61. The number of nitrogens with zero attached hydrogens (tertiary/aromatic N) is 3. The lowest BCUT2D eigenvalue weighted by molar-refractivity contribution is 0.0954. The van der Waals surface area contributed by atoms with Crippen LogP contribution in [0.3, 0.4) is 0 Å². The number of nitrogens with one attached hydrogen (secondary N) is 1. The van der Waals surface area contributed by atoms with Crippen molar-refractivity contribution in [2.75, 3.05) is 24.6 Å². The molecule has 1 aromatic carbocycles. The van der Waals surface area contributed by atoms with Crippen LogP contribution < -0.4 is 10.2 Å². The Morgan fingerprint density at radius 2 is 1.93 bits per heavy atom. The first-order valence-electron chi connectivity index (χ1n) is 8.52. The molecule has 7 nitrogen and oxygen atoms in total. The van der Waals surface area contributed by atoms with Gasteiger partial charge in [-0.1, -0.05) is 23.5 Å². The number of rotatable bonds is 4. The van der Waals surface area contributed by atoms with Gasteiger partial charge in [0.05, 0.1) is 10.2 Å². The summed E-state index contributed by atoms with van der Waals surface area (Å²) in [7, 11) is -1.81. The van der Waals surface area contributed by atoms with E-state index in [1.54, 1.807) is 17.1 Å². The smallest absolute Gasteiger partial charge is 0.282 e. The Bertz CT molecular complexity index is 1190. The Morgan fingerprint density at radius 3 is 2.68 bits per heavy atom. The molecule has 3 aromatic rings. The zero-order chi connectivity index (χ0) is 19.7. The standard InChI is InChI=1S/C17H18N4O3S4/c1-20-12-4-2-3-5-13(12)27-17(20)19-18-16(22)15-14(6-9-26-15)28(23,24)21-7-10-25-11-8-21/h2-6,9H,7-8,10-11H2,1H3,(H,18,22)/b19-17+. The molecule has 0 unspecified atom stereocenters. The first-order valence-corrected chi connectivity index (χ1v) is 12.8. The molecule has 3 heterocycles. The number of fused-ring (bicyclic) bond motifs is 1. The van der Waals surface area contributed by atoms with Gasteiger partial charge in [0.2, 0.25) is 14.8 Å². The Morgan fingerprint density at radius 1 is 1.18 bits per heavy atom. The monoisotopic (exact) mass is 454 g/mol. The maximum absolute atomic E-state index is 12.9. The largest absolute Gasteiger partial charge is 0.318 e. The number of hydrogen-bond donors (Lipinski definition) is 1. The highest BCUT2D eigenvalue weighted by molar-refractivity contribution is 7.99. The maximum atomic E-state index is 12.9. The summed E-state index contributed by atoms with van der Waals surface area (Å²) >= 11 is 4.29. The lowest BCUT2D eigenvalue weighted by atomic mass is 10.3. The predicted molar refractivity (Wildman–Crippen MR) is 114 cm³/mol. The highest BCUT2D eigenvalue weighted by Crippen LogP contribution is 2.27.